The number of benzene rings is 1. The lowest BCUT2D eigenvalue weighted by Crippen LogP contribution is -1.91. The van der Waals surface area contributed by atoms with Gasteiger partial charge in [-0.1, -0.05) is 12.1 Å². The van der Waals surface area contributed by atoms with E-state index in [0.29, 0.717) is 0 Å². The van der Waals surface area contributed by atoms with Crippen LogP contribution in [0.5, 0.6) is 0 Å². The normalized spacial score (nSPS) is 11.6. The fraction of sp³-hybridized carbons (Fsp3) is 0.455. The highest BCUT2D eigenvalue weighted by Crippen LogP contribution is 2.36. The fourth-order valence-corrected chi connectivity index (χ4v) is 2.55. The van der Waals surface area contributed by atoms with E-state index in [0.717, 1.165) is 23.9 Å². The van der Waals surface area contributed by atoms with Crippen LogP contribution in [-0.2, 0) is 11.0 Å². The third-order valence-electron chi connectivity index (χ3n) is 2.07. The van der Waals surface area contributed by atoms with Crippen LogP contribution in [0, 0.1) is 0 Å². The third-order valence-corrected chi connectivity index (χ3v) is 3.74. The molecule has 0 spiro atoms. The van der Waals surface area contributed by atoms with Gasteiger partial charge < -0.3 is 4.57 Å². The summed E-state index contributed by atoms with van der Waals surface area (Å²) in [5.74, 6) is 0. The zero-order valence-electron chi connectivity index (χ0n) is 8.73. The maximum Gasteiger partial charge on any atom is 0.0819 e. The summed E-state index contributed by atoms with van der Waals surface area (Å²) in [5.41, 5.74) is 1.28. The first-order chi connectivity index (χ1) is 6.47. The minimum absolute atomic E-state index is 0.837. The molecule has 1 aromatic carbocycles. The van der Waals surface area contributed by atoms with Crippen molar-refractivity contribution in [2.24, 2.45) is 0 Å². The van der Waals surface area contributed by atoms with E-state index in [4.69, 9.17) is 0 Å². The minimum Gasteiger partial charge on any atom is -0.324 e. The summed E-state index contributed by atoms with van der Waals surface area (Å²) in [6, 6.07) is 8.14. The van der Waals surface area contributed by atoms with Crippen molar-refractivity contribution in [1.82, 2.24) is 0 Å². The minimum atomic E-state index is -1.83. The maximum absolute atomic E-state index is 11.5. The molecule has 0 atom stereocenters. The Labute approximate surface area is 91.7 Å². The number of aryl methyl sites for hydroxylation is 1. The van der Waals surface area contributed by atoms with Crippen LogP contribution in [0.3, 0.4) is 0 Å². The van der Waals surface area contributed by atoms with Crippen LogP contribution in [0.4, 0.5) is 0 Å². The van der Waals surface area contributed by atoms with Gasteiger partial charge in [0.1, 0.15) is 0 Å². The van der Waals surface area contributed by atoms with E-state index in [2.05, 4.69) is 24.8 Å². The summed E-state index contributed by atoms with van der Waals surface area (Å²) < 4.78 is 11.5. The van der Waals surface area contributed by atoms with Gasteiger partial charge in [0.05, 0.1) is 7.14 Å². The van der Waals surface area contributed by atoms with Gasteiger partial charge in [-0.05, 0) is 43.9 Å². The average Bonchev–Trinajstić information content (AvgIpc) is 2.01. The Morgan fingerprint density at radius 1 is 1.36 bits per heavy atom. The second-order valence-corrected chi connectivity index (χ2v) is 8.18. The Bertz CT molecular complexity index is 343. The quantitative estimate of drug-likeness (QED) is 0.616. The molecule has 3 heteroatoms. The molecule has 78 valence electrons. The molecule has 0 heterocycles. The Hall–Kier alpha value is -0.200. The summed E-state index contributed by atoms with van der Waals surface area (Å²) in [5, 5.41) is 0. The molecule has 0 amide bonds. The molecular weight excluding hydrogens is 211 g/mol. The average molecular weight is 228 g/mol. The lowest BCUT2D eigenvalue weighted by Gasteiger charge is -2.06. The first-order valence-corrected chi connectivity index (χ1v) is 8.03. The molecular formula is C11H17OPS. The predicted molar refractivity (Wildman–Crippen MR) is 66.3 cm³/mol. The van der Waals surface area contributed by atoms with Crippen molar-refractivity contribution in [2.75, 3.05) is 19.5 Å². The predicted octanol–water partition coefficient (Wildman–Crippen LogP) is 3.53. The molecule has 0 saturated carbocycles. The molecule has 1 nitrogen and oxygen atoms in total. The molecule has 0 unspecified atom stereocenters. The van der Waals surface area contributed by atoms with Crippen molar-refractivity contribution < 1.29 is 4.57 Å². The van der Waals surface area contributed by atoms with E-state index in [1.807, 2.05) is 25.5 Å². The monoisotopic (exact) mass is 228 g/mol. The molecule has 0 bridgehead atoms. The summed E-state index contributed by atoms with van der Waals surface area (Å²) >= 11 is 4.28. The smallest absolute Gasteiger partial charge is 0.0819 e. The van der Waals surface area contributed by atoms with Crippen molar-refractivity contribution in [3.8, 4) is 0 Å². The second-order valence-electron chi connectivity index (χ2n) is 4.07. The summed E-state index contributed by atoms with van der Waals surface area (Å²) in [4.78, 5) is 0.999. The topological polar surface area (TPSA) is 17.1 Å². The summed E-state index contributed by atoms with van der Waals surface area (Å²) in [6.45, 7) is 3.70. The molecule has 0 aliphatic rings. The van der Waals surface area contributed by atoms with E-state index in [1.165, 1.54) is 5.56 Å². The maximum atomic E-state index is 11.5. The zero-order chi connectivity index (χ0) is 10.6. The zero-order valence-corrected chi connectivity index (χ0v) is 10.5. The van der Waals surface area contributed by atoms with E-state index in [-0.39, 0.29) is 0 Å². The molecule has 0 aromatic heterocycles. The van der Waals surface area contributed by atoms with Gasteiger partial charge in [-0.15, -0.1) is 12.6 Å². The van der Waals surface area contributed by atoms with Crippen molar-refractivity contribution in [1.29, 1.82) is 0 Å². The molecule has 1 rings (SSSR count). The van der Waals surface area contributed by atoms with Gasteiger partial charge in [0.25, 0.3) is 0 Å². The van der Waals surface area contributed by atoms with Crippen LogP contribution in [0.15, 0.2) is 29.2 Å². The van der Waals surface area contributed by atoms with Crippen LogP contribution < -0.4 is 0 Å². The van der Waals surface area contributed by atoms with Crippen molar-refractivity contribution in [2.45, 2.75) is 17.7 Å². The highest BCUT2D eigenvalue weighted by Gasteiger charge is 2.05. The van der Waals surface area contributed by atoms with Gasteiger partial charge in [-0.2, -0.15) is 0 Å². The van der Waals surface area contributed by atoms with Gasteiger partial charge in [-0.25, -0.2) is 0 Å². The van der Waals surface area contributed by atoms with E-state index in [1.54, 1.807) is 0 Å². The first kappa shape index (κ1) is 11.9. The molecule has 0 N–H and O–H groups in total. The molecule has 0 fully saturated rings. The lowest BCUT2D eigenvalue weighted by molar-refractivity contribution is 0.580. The van der Waals surface area contributed by atoms with Crippen molar-refractivity contribution >= 4 is 19.8 Å². The van der Waals surface area contributed by atoms with Crippen LogP contribution in [0.2, 0.25) is 0 Å². The molecule has 1 aromatic rings. The number of hydrogen-bond acceptors (Lipinski definition) is 2. The number of hydrogen-bond donors (Lipinski definition) is 1. The van der Waals surface area contributed by atoms with Gasteiger partial charge in [0.15, 0.2) is 0 Å². The number of rotatable bonds is 4. The molecule has 0 radical (unpaired) electrons. The Morgan fingerprint density at radius 2 is 2.07 bits per heavy atom. The summed E-state index contributed by atoms with van der Waals surface area (Å²) in [6.07, 6.45) is 2.84. The van der Waals surface area contributed by atoms with E-state index < -0.39 is 7.14 Å². The highest BCUT2D eigenvalue weighted by molar-refractivity contribution is 7.80. The van der Waals surface area contributed by atoms with Gasteiger partial charge in [0.2, 0.25) is 0 Å². The second kappa shape index (κ2) is 5.04. The van der Waals surface area contributed by atoms with Crippen molar-refractivity contribution in [3.63, 3.8) is 0 Å². The Morgan fingerprint density at radius 3 is 2.64 bits per heavy atom. The van der Waals surface area contributed by atoms with Crippen molar-refractivity contribution in [3.05, 3.63) is 29.8 Å². The van der Waals surface area contributed by atoms with Crippen LogP contribution in [0.1, 0.15) is 12.0 Å². The molecule has 0 aliphatic heterocycles. The SMILES string of the molecule is CP(C)(=O)CCCc1cccc(S)c1. The fourth-order valence-electron chi connectivity index (χ4n) is 1.38. The lowest BCUT2D eigenvalue weighted by atomic mass is 10.1. The third kappa shape index (κ3) is 4.88. The largest absolute Gasteiger partial charge is 0.324 e. The van der Waals surface area contributed by atoms with Crippen LogP contribution in [-0.4, -0.2) is 19.5 Å². The van der Waals surface area contributed by atoms with Gasteiger partial charge in [-0.3, -0.25) is 0 Å². The van der Waals surface area contributed by atoms with E-state index >= 15 is 0 Å². The first-order valence-electron chi connectivity index (χ1n) is 4.79. The van der Waals surface area contributed by atoms with Crippen LogP contribution in [0.25, 0.3) is 0 Å². The Balaban J connectivity index is 2.43. The van der Waals surface area contributed by atoms with Gasteiger partial charge in [0, 0.05) is 11.1 Å². The summed E-state index contributed by atoms with van der Waals surface area (Å²) in [7, 11) is -1.83. The van der Waals surface area contributed by atoms with Gasteiger partial charge >= 0.3 is 0 Å². The van der Waals surface area contributed by atoms with Crippen LogP contribution >= 0.6 is 19.8 Å². The van der Waals surface area contributed by atoms with E-state index in [9.17, 15) is 4.57 Å². The molecule has 0 saturated heterocycles. The molecule has 14 heavy (non-hydrogen) atoms. The standard InChI is InChI=1S/C11H17OPS/c1-13(2,12)8-4-6-10-5-3-7-11(14)9-10/h3,5,7,9,14H,4,6,8H2,1-2H3. The molecule has 0 aliphatic carbocycles. The number of thiol groups is 1. The Kier molecular flexibility index (Phi) is 4.28. The highest BCUT2D eigenvalue weighted by atomic mass is 32.1.